The van der Waals surface area contributed by atoms with E-state index in [4.69, 9.17) is 9.15 Å². The summed E-state index contributed by atoms with van der Waals surface area (Å²) in [5, 5.41) is 30.3. The van der Waals surface area contributed by atoms with Gasteiger partial charge in [0, 0.05) is 22.9 Å². The first kappa shape index (κ1) is 18.3. The molecule has 0 aliphatic heterocycles. The highest BCUT2D eigenvalue weighted by Gasteiger charge is 2.25. The van der Waals surface area contributed by atoms with Gasteiger partial charge >= 0.3 is 5.69 Å². The summed E-state index contributed by atoms with van der Waals surface area (Å²) in [5.41, 5.74) is 0.162. The maximum Gasteiger partial charge on any atom is 0.318 e. The third-order valence-electron chi connectivity index (χ3n) is 3.52. The monoisotopic (exact) mass is 388 g/mol. The smallest absolute Gasteiger partial charge is 0.318 e. The Balaban J connectivity index is 1.86. The van der Waals surface area contributed by atoms with Crippen molar-refractivity contribution in [2.45, 2.75) is 11.0 Å². The lowest BCUT2D eigenvalue weighted by Gasteiger charge is -2.07. The van der Waals surface area contributed by atoms with Crippen LogP contribution in [0.15, 0.2) is 52.1 Å². The molecule has 0 unspecified atom stereocenters. The summed E-state index contributed by atoms with van der Waals surface area (Å²) in [6, 6.07) is 11.3. The molecule has 1 heterocycles. The lowest BCUT2D eigenvalue weighted by molar-refractivity contribution is -0.394. The molecule has 1 aromatic heterocycles. The van der Waals surface area contributed by atoms with Crippen molar-refractivity contribution in [3.63, 3.8) is 0 Å². The van der Waals surface area contributed by atoms with Gasteiger partial charge in [-0.3, -0.25) is 20.2 Å². The van der Waals surface area contributed by atoms with E-state index in [1.54, 1.807) is 0 Å². The van der Waals surface area contributed by atoms with Crippen LogP contribution in [0.5, 0.6) is 5.75 Å². The number of thioether (sulfide) groups is 1. The molecule has 0 spiro atoms. The molecule has 27 heavy (non-hydrogen) atoms. The summed E-state index contributed by atoms with van der Waals surface area (Å²) in [6.07, 6.45) is 0. The second kappa shape index (κ2) is 7.83. The fourth-order valence-electron chi connectivity index (χ4n) is 2.34. The molecule has 0 atom stereocenters. The highest BCUT2D eigenvalue weighted by Crippen LogP contribution is 2.38. The van der Waals surface area contributed by atoms with Gasteiger partial charge in [0.05, 0.1) is 23.0 Å². The van der Waals surface area contributed by atoms with Crippen LogP contribution in [0, 0.1) is 20.2 Å². The van der Waals surface area contributed by atoms with Crippen molar-refractivity contribution in [2.24, 2.45) is 0 Å². The Morgan fingerprint density at radius 1 is 1.11 bits per heavy atom. The summed E-state index contributed by atoms with van der Waals surface area (Å²) in [5.74, 6) is 0.401. The van der Waals surface area contributed by atoms with E-state index in [0.717, 1.165) is 23.4 Å². The number of benzene rings is 2. The molecule has 3 aromatic rings. The van der Waals surface area contributed by atoms with E-state index >= 15 is 0 Å². The van der Waals surface area contributed by atoms with Crippen LogP contribution in [0.2, 0.25) is 0 Å². The Morgan fingerprint density at radius 2 is 1.85 bits per heavy atom. The van der Waals surface area contributed by atoms with Crippen LogP contribution in [0.1, 0.15) is 5.56 Å². The molecule has 2 aromatic carbocycles. The predicted octanol–water partition coefficient (Wildman–Crippen LogP) is 3.85. The lowest BCUT2D eigenvalue weighted by atomic mass is 10.1. The van der Waals surface area contributed by atoms with E-state index < -0.39 is 21.2 Å². The van der Waals surface area contributed by atoms with Crippen LogP contribution < -0.4 is 4.74 Å². The normalized spacial score (nSPS) is 10.6. The molecular weight excluding hydrogens is 376 g/mol. The fourth-order valence-corrected chi connectivity index (χ4v) is 3.07. The van der Waals surface area contributed by atoms with E-state index in [1.807, 2.05) is 30.3 Å². The van der Waals surface area contributed by atoms with Crippen molar-refractivity contribution in [3.8, 4) is 17.2 Å². The SMILES string of the molecule is COc1c(CSc2nnc(-c3ccccc3)o2)cc([N+](=O)[O-])cc1[N+](=O)[O-]. The van der Waals surface area contributed by atoms with E-state index in [1.165, 1.54) is 13.2 Å². The number of methoxy groups -OCH3 is 1. The van der Waals surface area contributed by atoms with Gasteiger partial charge in [0.25, 0.3) is 10.9 Å². The molecule has 0 radical (unpaired) electrons. The Morgan fingerprint density at radius 3 is 2.48 bits per heavy atom. The molecule has 138 valence electrons. The van der Waals surface area contributed by atoms with E-state index in [2.05, 4.69) is 10.2 Å². The number of hydrogen-bond acceptors (Lipinski definition) is 9. The fraction of sp³-hybridized carbons (Fsp3) is 0.125. The van der Waals surface area contributed by atoms with Crippen LogP contribution >= 0.6 is 11.8 Å². The van der Waals surface area contributed by atoms with Gasteiger partial charge in [-0.2, -0.15) is 0 Å². The van der Waals surface area contributed by atoms with E-state index in [0.29, 0.717) is 5.89 Å². The Hall–Kier alpha value is -3.47. The summed E-state index contributed by atoms with van der Waals surface area (Å²) in [4.78, 5) is 20.8. The molecule has 3 rings (SSSR count). The van der Waals surface area contributed by atoms with Gasteiger partial charge < -0.3 is 9.15 Å². The molecule has 0 saturated heterocycles. The van der Waals surface area contributed by atoms with Gasteiger partial charge in [0.1, 0.15) is 0 Å². The second-order valence-corrected chi connectivity index (χ2v) is 6.13. The van der Waals surface area contributed by atoms with Gasteiger partial charge in [0.2, 0.25) is 11.6 Å². The molecule has 0 bridgehead atoms. The third-order valence-corrected chi connectivity index (χ3v) is 4.39. The Bertz CT molecular complexity index is 992. The number of nitro groups is 2. The van der Waals surface area contributed by atoms with Crippen molar-refractivity contribution >= 4 is 23.1 Å². The van der Waals surface area contributed by atoms with Gasteiger partial charge in [-0.15, -0.1) is 10.2 Å². The van der Waals surface area contributed by atoms with Crippen molar-refractivity contribution in [1.29, 1.82) is 0 Å². The predicted molar refractivity (Wildman–Crippen MR) is 95.6 cm³/mol. The van der Waals surface area contributed by atoms with Gasteiger partial charge in [0.15, 0.2) is 0 Å². The lowest BCUT2D eigenvalue weighted by Crippen LogP contribution is -2.00. The maximum absolute atomic E-state index is 11.2. The highest BCUT2D eigenvalue weighted by molar-refractivity contribution is 7.98. The van der Waals surface area contributed by atoms with Gasteiger partial charge in [-0.05, 0) is 12.1 Å². The zero-order chi connectivity index (χ0) is 19.4. The second-order valence-electron chi connectivity index (χ2n) is 5.20. The van der Waals surface area contributed by atoms with Crippen LogP contribution in [-0.4, -0.2) is 27.2 Å². The third kappa shape index (κ3) is 4.03. The van der Waals surface area contributed by atoms with Crippen LogP contribution in [-0.2, 0) is 5.75 Å². The average Bonchev–Trinajstić information content (AvgIpc) is 3.15. The van der Waals surface area contributed by atoms with Crippen molar-refractivity contribution in [3.05, 3.63) is 68.3 Å². The number of non-ortho nitro benzene ring substituents is 1. The first-order valence-corrected chi connectivity index (χ1v) is 8.49. The van der Waals surface area contributed by atoms with Gasteiger partial charge in [-0.25, -0.2) is 0 Å². The van der Waals surface area contributed by atoms with Crippen molar-refractivity contribution in [2.75, 3.05) is 7.11 Å². The molecule has 0 saturated carbocycles. The van der Waals surface area contributed by atoms with Gasteiger partial charge in [-0.1, -0.05) is 30.0 Å². The van der Waals surface area contributed by atoms with E-state index in [9.17, 15) is 20.2 Å². The Labute approximate surface area is 156 Å². The number of hydrogen-bond donors (Lipinski definition) is 0. The number of nitrogens with zero attached hydrogens (tertiary/aromatic N) is 4. The topological polar surface area (TPSA) is 134 Å². The Kier molecular flexibility index (Phi) is 5.31. The van der Waals surface area contributed by atoms with Crippen molar-refractivity contribution < 1.29 is 19.0 Å². The molecule has 0 aliphatic carbocycles. The van der Waals surface area contributed by atoms with E-state index in [-0.39, 0.29) is 22.3 Å². The minimum absolute atomic E-state index is 0.0408. The first-order chi connectivity index (χ1) is 13.0. The molecule has 0 fully saturated rings. The average molecular weight is 388 g/mol. The van der Waals surface area contributed by atoms with Crippen LogP contribution in [0.4, 0.5) is 11.4 Å². The quantitative estimate of drug-likeness (QED) is 0.336. The largest absolute Gasteiger partial charge is 0.490 e. The van der Waals surface area contributed by atoms with Crippen LogP contribution in [0.25, 0.3) is 11.5 Å². The number of aromatic nitrogens is 2. The standard InChI is InChI=1S/C16H12N4O6S/c1-25-14-11(7-12(19(21)22)8-13(14)20(23)24)9-27-16-18-17-15(26-16)10-5-3-2-4-6-10/h2-8H,9H2,1H3. The summed E-state index contributed by atoms with van der Waals surface area (Å²) < 4.78 is 10.6. The molecule has 11 heteroatoms. The summed E-state index contributed by atoms with van der Waals surface area (Å²) >= 11 is 1.09. The first-order valence-electron chi connectivity index (χ1n) is 7.51. The maximum atomic E-state index is 11.2. The number of rotatable bonds is 7. The van der Waals surface area contributed by atoms with Crippen molar-refractivity contribution in [1.82, 2.24) is 10.2 Å². The van der Waals surface area contributed by atoms with Crippen LogP contribution in [0.3, 0.4) is 0 Å². The zero-order valence-corrected chi connectivity index (χ0v) is 14.7. The molecule has 0 amide bonds. The molecule has 0 N–H and O–H groups in total. The number of nitro benzene ring substituents is 2. The molecule has 0 aliphatic rings. The summed E-state index contributed by atoms with van der Waals surface area (Å²) in [6.45, 7) is 0. The highest BCUT2D eigenvalue weighted by atomic mass is 32.2. The summed E-state index contributed by atoms with van der Waals surface area (Å²) in [7, 11) is 1.27. The minimum atomic E-state index is -0.722. The molecular formula is C16H12N4O6S. The number of ether oxygens (including phenoxy) is 1. The zero-order valence-electron chi connectivity index (χ0n) is 13.9. The minimum Gasteiger partial charge on any atom is -0.490 e. The molecule has 10 nitrogen and oxygen atoms in total.